The van der Waals surface area contributed by atoms with Gasteiger partial charge >= 0.3 is 5.97 Å². The monoisotopic (exact) mass is 649 g/mol. The molecule has 7 atom stereocenters. The van der Waals surface area contributed by atoms with Crippen LogP contribution in [0.5, 0.6) is 0 Å². The number of hydrogen-bond acceptors (Lipinski definition) is 10. The van der Waals surface area contributed by atoms with E-state index in [2.05, 4.69) is 10.3 Å². The Morgan fingerprint density at radius 1 is 1.18 bits per heavy atom. The van der Waals surface area contributed by atoms with Crippen LogP contribution in [-0.4, -0.2) is 85.4 Å². The molecule has 1 aromatic heterocycles. The molecular weight excluding hydrogens is 623 g/mol. The normalized spacial score (nSPS) is 26.3. The zero-order chi connectivity index (χ0) is 32.6. The Balaban J connectivity index is 1.60. The number of carbonyl (C=O) groups excluding carboxylic acids is 2. The molecule has 45 heavy (non-hydrogen) atoms. The summed E-state index contributed by atoms with van der Waals surface area (Å²) >= 11 is 6.25. The average molecular weight is 650 g/mol. The molecule has 1 aliphatic heterocycles. The maximum atomic E-state index is 14.5. The van der Waals surface area contributed by atoms with Gasteiger partial charge in [0.05, 0.1) is 36.6 Å². The van der Waals surface area contributed by atoms with Crippen molar-refractivity contribution >= 4 is 29.2 Å². The van der Waals surface area contributed by atoms with E-state index < -0.39 is 78.5 Å². The lowest BCUT2D eigenvalue weighted by Crippen LogP contribution is -2.63. The highest BCUT2D eigenvalue weighted by Gasteiger charge is 2.53. The second-order valence-electron chi connectivity index (χ2n) is 10.8. The van der Waals surface area contributed by atoms with Crippen molar-refractivity contribution in [2.45, 2.75) is 68.8 Å². The van der Waals surface area contributed by atoms with Crippen LogP contribution in [0.1, 0.15) is 37.8 Å². The van der Waals surface area contributed by atoms with Crippen LogP contribution >= 0.6 is 11.6 Å². The minimum absolute atomic E-state index is 0.120. The van der Waals surface area contributed by atoms with Crippen LogP contribution in [0.15, 0.2) is 36.5 Å². The molecular formula is C29H27ClF3N5O7. The third-order valence-corrected chi connectivity index (χ3v) is 8.03. The summed E-state index contributed by atoms with van der Waals surface area (Å²) in [5.41, 5.74) is -0.0959. The van der Waals surface area contributed by atoms with Crippen molar-refractivity contribution in [3.63, 3.8) is 0 Å². The molecule has 0 radical (unpaired) electrons. The van der Waals surface area contributed by atoms with Crippen molar-refractivity contribution in [1.29, 1.82) is 5.26 Å². The molecule has 2 aromatic carbocycles. The van der Waals surface area contributed by atoms with Crippen LogP contribution in [0, 0.1) is 28.8 Å². The Morgan fingerprint density at radius 2 is 1.89 bits per heavy atom. The summed E-state index contributed by atoms with van der Waals surface area (Å²) in [5.74, 6) is -6.39. The molecule has 1 saturated carbocycles. The number of halogens is 4. The standard InChI is InChI=1S/C29H27ClF3N5O7/c1-13(40)44-27-25(37-11-20(35-36-37)15-7-18(31)24(33)19(32)8-15)26(42)23(12-39)45-28(27)29(43)38(21-3-2-4-22(21)41)17-6-14(10-34)5-16(30)9-17/h5-9,11,21-23,25-28,39,41-42H,2-4,12H2,1H3/t21-,22-,23+,25-,26-,27+,28+/m0/s1. The van der Waals surface area contributed by atoms with Crippen molar-refractivity contribution in [3.05, 3.63) is 64.6 Å². The average Bonchev–Trinajstić information content (AvgIpc) is 3.65. The molecule has 16 heteroatoms. The Kier molecular flexibility index (Phi) is 9.42. The fourth-order valence-electron chi connectivity index (χ4n) is 5.80. The molecule has 3 N–H and O–H groups in total. The van der Waals surface area contributed by atoms with Gasteiger partial charge in [-0.25, -0.2) is 17.9 Å². The maximum absolute atomic E-state index is 14.5. The fraction of sp³-hybridized carbons (Fsp3) is 0.414. The topological polar surface area (TPSA) is 171 Å². The first-order valence-corrected chi connectivity index (χ1v) is 14.2. The van der Waals surface area contributed by atoms with Gasteiger partial charge in [-0.05, 0) is 49.6 Å². The molecule has 0 bridgehead atoms. The van der Waals surface area contributed by atoms with E-state index in [0.29, 0.717) is 31.4 Å². The van der Waals surface area contributed by atoms with E-state index in [1.165, 1.54) is 23.1 Å². The highest BCUT2D eigenvalue weighted by Crippen LogP contribution is 2.38. The van der Waals surface area contributed by atoms with Crippen LogP contribution in [0.4, 0.5) is 18.9 Å². The van der Waals surface area contributed by atoms with Crippen molar-refractivity contribution in [2.75, 3.05) is 11.5 Å². The molecule has 2 aliphatic rings. The molecule has 1 aliphatic carbocycles. The van der Waals surface area contributed by atoms with Crippen LogP contribution in [0.25, 0.3) is 11.3 Å². The highest BCUT2D eigenvalue weighted by atomic mass is 35.5. The number of carbonyl (C=O) groups is 2. The number of amides is 1. The number of aliphatic hydroxyl groups is 3. The van der Waals surface area contributed by atoms with E-state index in [9.17, 15) is 43.3 Å². The van der Waals surface area contributed by atoms with Crippen molar-refractivity contribution in [2.24, 2.45) is 0 Å². The van der Waals surface area contributed by atoms with Crippen LogP contribution in [0.2, 0.25) is 5.02 Å². The first-order valence-electron chi connectivity index (χ1n) is 13.8. The number of nitriles is 1. The fourth-order valence-corrected chi connectivity index (χ4v) is 6.03. The van der Waals surface area contributed by atoms with Gasteiger partial charge in [0.25, 0.3) is 5.91 Å². The zero-order valence-electron chi connectivity index (χ0n) is 23.6. The van der Waals surface area contributed by atoms with Crippen LogP contribution < -0.4 is 4.90 Å². The number of rotatable bonds is 7. The van der Waals surface area contributed by atoms with Crippen LogP contribution in [0.3, 0.4) is 0 Å². The Labute approximate surface area is 259 Å². The summed E-state index contributed by atoms with van der Waals surface area (Å²) in [6.07, 6.45) is -5.00. The Bertz CT molecular complexity index is 1630. The first-order chi connectivity index (χ1) is 21.4. The van der Waals surface area contributed by atoms with Gasteiger partial charge in [-0.15, -0.1) is 5.10 Å². The van der Waals surface area contributed by atoms with E-state index in [-0.39, 0.29) is 27.5 Å². The van der Waals surface area contributed by atoms with Gasteiger partial charge in [0.15, 0.2) is 29.7 Å². The van der Waals surface area contributed by atoms with Crippen molar-refractivity contribution in [3.8, 4) is 17.3 Å². The van der Waals surface area contributed by atoms with E-state index in [4.69, 9.17) is 21.1 Å². The first kappa shape index (κ1) is 32.3. The predicted molar refractivity (Wildman–Crippen MR) is 149 cm³/mol. The molecule has 3 aromatic rings. The Hall–Kier alpha value is -4.07. The van der Waals surface area contributed by atoms with Gasteiger partial charge in [0.2, 0.25) is 0 Å². The van der Waals surface area contributed by atoms with Gasteiger partial charge in [-0.3, -0.25) is 9.59 Å². The number of aliphatic hydroxyl groups excluding tert-OH is 3. The van der Waals surface area contributed by atoms with E-state index in [0.717, 1.165) is 17.8 Å². The third-order valence-electron chi connectivity index (χ3n) is 7.81. The lowest BCUT2D eigenvalue weighted by Gasteiger charge is -2.45. The summed E-state index contributed by atoms with van der Waals surface area (Å²) < 4.78 is 53.8. The molecule has 12 nitrogen and oxygen atoms in total. The number of hydrogen-bond donors (Lipinski definition) is 3. The molecule has 238 valence electrons. The van der Waals surface area contributed by atoms with Gasteiger partial charge < -0.3 is 29.7 Å². The number of esters is 1. The number of aromatic nitrogens is 3. The van der Waals surface area contributed by atoms with E-state index in [1.807, 2.05) is 6.07 Å². The summed E-state index contributed by atoms with van der Waals surface area (Å²) in [6, 6.07) is 5.26. The molecule has 1 saturated heterocycles. The summed E-state index contributed by atoms with van der Waals surface area (Å²) in [6.45, 7) is 0.251. The smallest absolute Gasteiger partial charge is 0.303 e. The SMILES string of the molecule is CC(=O)O[C@@H]1[C@@H](n2cc(-c3cc(F)c(F)c(F)c3)nn2)[C@@H](O)[C@@H](CO)O[C@H]1C(=O)N(c1cc(Cl)cc(C#N)c1)[C@H]1CCC[C@@H]1O. The number of nitrogens with zero attached hydrogens (tertiary/aromatic N) is 5. The maximum Gasteiger partial charge on any atom is 0.303 e. The lowest BCUT2D eigenvalue weighted by atomic mass is 9.91. The minimum Gasteiger partial charge on any atom is -0.457 e. The molecule has 2 fully saturated rings. The summed E-state index contributed by atoms with van der Waals surface area (Å²) in [4.78, 5) is 28.0. The van der Waals surface area contributed by atoms with E-state index in [1.54, 1.807) is 0 Å². The second kappa shape index (κ2) is 13.1. The van der Waals surface area contributed by atoms with Gasteiger partial charge in [0, 0.05) is 23.2 Å². The van der Waals surface area contributed by atoms with E-state index >= 15 is 0 Å². The number of benzene rings is 2. The summed E-state index contributed by atoms with van der Waals surface area (Å²) in [5, 5.41) is 49.6. The molecule has 1 amide bonds. The predicted octanol–water partition coefficient (Wildman–Crippen LogP) is 2.43. The van der Waals surface area contributed by atoms with Crippen LogP contribution in [-0.2, 0) is 19.1 Å². The van der Waals surface area contributed by atoms with Gasteiger partial charge in [-0.1, -0.05) is 16.8 Å². The molecule has 5 rings (SSSR count). The summed E-state index contributed by atoms with van der Waals surface area (Å²) in [7, 11) is 0. The molecule has 0 spiro atoms. The van der Waals surface area contributed by atoms with Gasteiger partial charge in [-0.2, -0.15) is 5.26 Å². The third kappa shape index (κ3) is 6.37. The lowest BCUT2D eigenvalue weighted by molar-refractivity contribution is -0.216. The van der Waals surface area contributed by atoms with Crippen molar-refractivity contribution in [1.82, 2.24) is 15.0 Å². The molecule has 2 heterocycles. The van der Waals surface area contributed by atoms with Crippen molar-refractivity contribution < 1.29 is 47.6 Å². The number of ether oxygens (including phenoxy) is 2. The molecule has 0 unspecified atom stereocenters. The highest BCUT2D eigenvalue weighted by molar-refractivity contribution is 6.31. The minimum atomic E-state index is -1.72. The Morgan fingerprint density at radius 3 is 2.49 bits per heavy atom. The second-order valence-corrected chi connectivity index (χ2v) is 11.2. The zero-order valence-corrected chi connectivity index (χ0v) is 24.3. The quantitative estimate of drug-likeness (QED) is 0.255. The number of anilines is 1. The largest absolute Gasteiger partial charge is 0.457 e. The van der Waals surface area contributed by atoms with Gasteiger partial charge in [0.1, 0.15) is 23.9 Å².